The Hall–Kier alpha value is -1.07. The molecule has 0 aliphatic heterocycles. The Morgan fingerprint density at radius 1 is 1.26 bits per heavy atom. The molecule has 0 unspecified atom stereocenters. The number of rotatable bonds is 5. The highest BCUT2D eigenvalue weighted by Crippen LogP contribution is 2.36. The molecule has 4 nitrogen and oxygen atoms in total. The number of hydrogen-bond donors (Lipinski definition) is 2. The van der Waals surface area contributed by atoms with Crippen molar-refractivity contribution in [2.45, 2.75) is 40.0 Å². The van der Waals surface area contributed by atoms with E-state index in [-0.39, 0.29) is 5.91 Å². The van der Waals surface area contributed by atoms with Crippen molar-refractivity contribution < 1.29 is 9.53 Å². The number of amides is 1. The normalized spacial score (nSPS) is 10.4. The first kappa shape index (κ1) is 16.0. The van der Waals surface area contributed by atoms with E-state index in [1.807, 2.05) is 0 Å². The lowest BCUT2D eigenvalue weighted by Gasteiger charge is -2.18. The van der Waals surface area contributed by atoms with Gasteiger partial charge in [-0.3, -0.25) is 10.2 Å². The quantitative estimate of drug-likeness (QED) is 0.496. The van der Waals surface area contributed by atoms with E-state index in [0.717, 1.165) is 34.2 Å². The van der Waals surface area contributed by atoms with E-state index in [9.17, 15) is 4.79 Å². The molecule has 0 fully saturated rings. The average molecular weight is 329 g/mol. The molecule has 0 aliphatic carbocycles. The van der Waals surface area contributed by atoms with E-state index >= 15 is 0 Å². The van der Waals surface area contributed by atoms with Crippen LogP contribution in [-0.4, -0.2) is 13.0 Å². The second kappa shape index (κ2) is 6.91. The van der Waals surface area contributed by atoms with Crippen LogP contribution in [-0.2, 0) is 11.2 Å². The summed E-state index contributed by atoms with van der Waals surface area (Å²) in [5, 5.41) is 0. The predicted octanol–water partition coefficient (Wildman–Crippen LogP) is 2.70. The zero-order valence-corrected chi connectivity index (χ0v) is 13.5. The number of methoxy groups -OCH3 is 1. The zero-order valence-electron chi connectivity index (χ0n) is 11.9. The number of carbonyl (C=O) groups excluding carboxylic acids is 1. The Bertz CT molecular complexity index is 487. The number of ether oxygens (including phenoxy) is 1. The highest BCUT2D eigenvalue weighted by molar-refractivity contribution is 9.10. The molecule has 0 aromatic heterocycles. The largest absolute Gasteiger partial charge is 0.496 e. The Labute approximate surface area is 122 Å². The fourth-order valence-electron chi connectivity index (χ4n) is 2.22. The maximum Gasteiger partial charge on any atom is 0.233 e. The van der Waals surface area contributed by atoms with Gasteiger partial charge in [-0.1, -0.05) is 15.9 Å². The van der Waals surface area contributed by atoms with Crippen molar-refractivity contribution in [3.05, 3.63) is 26.7 Å². The fourth-order valence-corrected chi connectivity index (χ4v) is 2.76. The van der Waals surface area contributed by atoms with Gasteiger partial charge in [-0.05, 0) is 55.9 Å². The van der Waals surface area contributed by atoms with Crippen molar-refractivity contribution in [3.63, 3.8) is 0 Å². The van der Waals surface area contributed by atoms with Crippen LogP contribution in [0.5, 0.6) is 5.75 Å². The Kier molecular flexibility index (Phi) is 5.82. The van der Waals surface area contributed by atoms with Gasteiger partial charge in [0.25, 0.3) is 0 Å². The lowest BCUT2D eigenvalue weighted by atomic mass is 9.95. The second-order valence-electron chi connectivity index (χ2n) is 4.62. The molecule has 0 saturated heterocycles. The van der Waals surface area contributed by atoms with E-state index in [1.165, 1.54) is 11.1 Å². The Morgan fingerprint density at radius 2 is 1.89 bits per heavy atom. The standard InChI is InChI=1S/C14H21BrN2O2/c1-8-9(2)14(19-4)11(10(3)13(8)15)6-5-7-12(18)17-16/h5-7,16H2,1-4H3,(H,17,18). The third-order valence-corrected chi connectivity index (χ3v) is 4.67. The molecule has 0 saturated carbocycles. The van der Waals surface area contributed by atoms with E-state index in [4.69, 9.17) is 10.6 Å². The third-order valence-electron chi connectivity index (χ3n) is 3.48. The molecular formula is C14H21BrN2O2. The van der Waals surface area contributed by atoms with Crippen molar-refractivity contribution in [1.29, 1.82) is 0 Å². The topological polar surface area (TPSA) is 64.3 Å². The molecule has 5 heteroatoms. The molecule has 0 aliphatic rings. The van der Waals surface area contributed by atoms with Crippen LogP contribution in [0.2, 0.25) is 0 Å². The maximum absolute atomic E-state index is 11.2. The summed E-state index contributed by atoms with van der Waals surface area (Å²) in [6.07, 6.45) is 1.96. The first-order valence-electron chi connectivity index (χ1n) is 6.25. The molecule has 1 amide bonds. The maximum atomic E-state index is 11.2. The molecular weight excluding hydrogens is 308 g/mol. The van der Waals surface area contributed by atoms with Gasteiger partial charge in [0.05, 0.1) is 7.11 Å². The third kappa shape index (κ3) is 3.48. The van der Waals surface area contributed by atoms with Crippen molar-refractivity contribution in [2.75, 3.05) is 7.11 Å². The van der Waals surface area contributed by atoms with Crippen LogP contribution in [0.4, 0.5) is 0 Å². The molecule has 1 aromatic carbocycles. The van der Waals surface area contributed by atoms with E-state index in [2.05, 4.69) is 42.1 Å². The predicted molar refractivity (Wildman–Crippen MR) is 80.2 cm³/mol. The highest BCUT2D eigenvalue weighted by atomic mass is 79.9. The summed E-state index contributed by atoms with van der Waals surface area (Å²) in [5.41, 5.74) is 6.81. The van der Waals surface area contributed by atoms with Gasteiger partial charge in [0.1, 0.15) is 5.75 Å². The van der Waals surface area contributed by atoms with E-state index in [0.29, 0.717) is 6.42 Å². The number of nitrogens with one attached hydrogen (secondary N) is 1. The molecule has 0 bridgehead atoms. The van der Waals surface area contributed by atoms with Crippen molar-refractivity contribution >= 4 is 21.8 Å². The van der Waals surface area contributed by atoms with Crippen molar-refractivity contribution in [2.24, 2.45) is 5.84 Å². The Morgan fingerprint density at radius 3 is 2.42 bits per heavy atom. The first-order valence-corrected chi connectivity index (χ1v) is 7.04. The molecule has 0 spiro atoms. The number of hydrogen-bond acceptors (Lipinski definition) is 3. The van der Waals surface area contributed by atoms with Gasteiger partial charge in [0, 0.05) is 10.9 Å². The van der Waals surface area contributed by atoms with E-state index < -0.39 is 0 Å². The zero-order chi connectivity index (χ0) is 14.6. The number of nitrogens with two attached hydrogens (primary N) is 1. The van der Waals surface area contributed by atoms with Gasteiger partial charge in [-0.25, -0.2) is 5.84 Å². The summed E-state index contributed by atoms with van der Waals surface area (Å²) in [5.74, 6) is 5.86. The summed E-state index contributed by atoms with van der Waals surface area (Å²) >= 11 is 3.62. The minimum absolute atomic E-state index is 0.139. The lowest BCUT2D eigenvalue weighted by Crippen LogP contribution is -2.29. The average Bonchev–Trinajstić information content (AvgIpc) is 2.41. The summed E-state index contributed by atoms with van der Waals surface area (Å²) < 4.78 is 6.65. The lowest BCUT2D eigenvalue weighted by molar-refractivity contribution is -0.121. The molecule has 19 heavy (non-hydrogen) atoms. The molecule has 106 valence electrons. The summed E-state index contributed by atoms with van der Waals surface area (Å²) in [4.78, 5) is 11.2. The summed E-state index contributed by atoms with van der Waals surface area (Å²) in [6.45, 7) is 6.19. The minimum atomic E-state index is -0.139. The van der Waals surface area contributed by atoms with Gasteiger partial charge in [-0.2, -0.15) is 0 Å². The number of benzene rings is 1. The van der Waals surface area contributed by atoms with Crippen LogP contribution in [0.15, 0.2) is 4.47 Å². The van der Waals surface area contributed by atoms with Crippen molar-refractivity contribution in [3.8, 4) is 5.75 Å². The number of halogens is 1. The fraction of sp³-hybridized carbons (Fsp3) is 0.500. The number of hydrazine groups is 1. The SMILES string of the molecule is COc1c(C)c(C)c(Br)c(C)c1CCCC(=O)NN. The summed E-state index contributed by atoms with van der Waals surface area (Å²) in [6, 6.07) is 0. The van der Waals surface area contributed by atoms with Crippen LogP contribution in [0, 0.1) is 20.8 Å². The molecule has 0 radical (unpaired) electrons. The van der Waals surface area contributed by atoms with Gasteiger partial charge in [0.15, 0.2) is 0 Å². The summed E-state index contributed by atoms with van der Waals surface area (Å²) in [7, 11) is 1.69. The smallest absolute Gasteiger partial charge is 0.233 e. The monoisotopic (exact) mass is 328 g/mol. The van der Waals surface area contributed by atoms with Crippen LogP contribution in [0.25, 0.3) is 0 Å². The molecule has 0 atom stereocenters. The van der Waals surface area contributed by atoms with Crippen LogP contribution >= 0.6 is 15.9 Å². The molecule has 3 N–H and O–H groups in total. The second-order valence-corrected chi connectivity index (χ2v) is 5.41. The van der Waals surface area contributed by atoms with E-state index in [1.54, 1.807) is 7.11 Å². The molecule has 1 aromatic rings. The van der Waals surface area contributed by atoms with Crippen LogP contribution in [0.1, 0.15) is 35.1 Å². The highest BCUT2D eigenvalue weighted by Gasteiger charge is 2.16. The Balaban J connectivity index is 3.02. The minimum Gasteiger partial charge on any atom is -0.496 e. The van der Waals surface area contributed by atoms with Crippen LogP contribution < -0.4 is 16.0 Å². The van der Waals surface area contributed by atoms with Crippen molar-refractivity contribution in [1.82, 2.24) is 5.43 Å². The number of carbonyl (C=O) groups is 1. The van der Waals surface area contributed by atoms with Gasteiger partial charge < -0.3 is 4.74 Å². The first-order chi connectivity index (χ1) is 8.93. The van der Waals surface area contributed by atoms with Gasteiger partial charge in [0.2, 0.25) is 5.91 Å². The van der Waals surface area contributed by atoms with Crippen LogP contribution in [0.3, 0.4) is 0 Å². The van der Waals surface area contributed by atoms with Gasteiger partial charge in [-0.15, -0.1) is 0 Å². The molecule has 0 heterocycles. The molecule has 1 rings (SSSR count). The van der Waals surface area contributed by atoms with Gasteiger partial charge >= 0.3 is 0 Å².